The van der Waals surface area contributed by atoms with Gasteiger partial charge in [-0.05, 0) is 31.4 Å². The van der Waals surface area contributed by atoms with E-state index in [0.717, 1.165) is 6.07 Å². The summed E-state index contributed by atoms with van der Waals surface area (Å²) in [7, 11) is -7.11. The van der Waals surface area contributed by atoms with E-state index in [2.05, 4.69) is 0 Å². The van der Waals surface area contributed by atoms with Gasteiger partial charge in [0, 0.05) is 19.3 Å². The number of halogens is 1. The third-order valence-corrected chi connectivity index (χ3v) is 7.31. The summed E-state index contributed by atoms with van der Waals surface area (Å²) in [6, 6.07) is 5.22. The SMILES string of the molecule is CS(=O)(=O)C1CCCN(S(=O)(=O)c2ccccc2F)CC1. The highest BCUT2D eigenvalue weighted by Gasteiger charge is 2.32. The molecular formula is C13H18FNO4S2. The van der Waals surface area contributed by atoms with Gasteiger partial charge in [0.05, 0.1) is 5.25 Å². The summed E-state index contributed by atoms with van der Waals surface area (Å²) in [6.07, 6.45) is 2.29. The van der Waals surface area contributed by atoms with E-state index in [9.17, 15) is 21.2 Å². The van der Waals surface area contributed by atoms with E-state index in [0.29, 0.717) is 12.8 Å². The lowest BCUT2D eigenvalue weighted by Gasteiger charge is -2.20. The second kappa shape index (κ2) is 6.02. The van der Waals surface area contributed by atoms with Crippen molar-refractivity contribution in [2.24, 2.45) is 0 Å². The molecule has 1 fully saturated rings. The molecule has 1 unspecified atom stereocenters. The lowest BCUT2D eigenvalue weighted by Crippen LogP contribution is -2.33. The number of sulfone groups is 1. The summed E-state index contributed by atoms with van der Waals surface area (Å²) in [5, 5.41) is -0.529. The fourth-order valence-electron chi connectivity index (χ4n) is 2.50. The van der Waals surface area contributed by atoms with Gasteiger partial charge in [-0.25, -0.2) is 21.2 Å². The minimum Gasteiger partial charge on any atom is -0.229 e. The Morgan fingerprint density at radius 1 is 1.10 bits per heavy atom. The third-order valence-electron chi connectivity index (χ3n) is 3.69. The average Bonchev–Trinajstić information content (AvgIpc) is 2.64. The molecule has 0 saturated carbocycles. The van der Waals surface area contributed by atoms with E-state index < -0.39 is 30.9 Å². The number of benzene rings is 1. The zero-order valence-electron chi connectivity index (χ0n) is 11.7. The molecule has 0 radical (unpaired) electrons. The van der Waals surface area contributed by atoms with Gasteiger partial charge in [0.1, 0.15) is 20.5 Å². The van der Waals surface area contributed by atoms with E-state index in [1.807, 2.05) is 0 Å². The minimum atomic E-state index is -3.92. The number of rotatable bonds is 3. The van der Waals surface area contributed by atoms with Crippen molar-refractivity contribution >= 4 is 19.9 Å². The van der Waals surface area contributed by atoms with E-state index in [4.69, 9.17) is 0 Å². The van der Waals surface area contributed by atoms with Crippen molar-refractivity contribution in [2.75, 3.05) is 19.3 Å². The Balaban J connectivity index is 2.25. The number of nitrogens with zero attached hydrogens (tertiary/aromatic N) is 1. The molecular weight excluding hydrogens is 317 g/mol. The standard InChI is InChI=1S/C13H18FNO4S2/c1-20(16,17)11-5-4-9-15(10-8-11)21(18,19)13-7-3-2-6-12(13)14/h2-3,6-7,11H,4-5,8-10H2,1H3. The highest BCUT2D eigenvalue weighted by molar-refractivity contribution is 7.91. The topological polar surface area (TPSA) is 71.5 Å². The maximum absolute atomic E-state index is 13.7. The molecule has 0 N–H and O–H groups in total. The van der Waals surface area contributed by atoms with Crippen LogP contribution in [-0.4, -0.2) is 45.7 Å². The van der Waals surface area contributed by atoms with Crippen LogP contribution in [0.3, 0.4) is 0 Å². The van der Waals surface area contributed by atoms with Crippen molar-refractivity contribution in [2.45, 2.75) is 29.4 Å². The van der Waals surface area contributed by atoms with E-state index in [-0.39, 0.29) is 24.4 Å². The molecule has 0 aliphatic carbocycles. The normalized spacial score (nSPS) is 21.9. The summed E-state index contributed by atoms with van der Waals surface area (Å²) < 4.78 is 63.0. The first-order valence-electron chi connectivity index (χ1n) is 6.66. The van der Waals surface area contributed by atoms with Gasteiger partial charge in [-0.1, -0.05) is 12.1 Å². The van der Waals surface area contributed by atoms with Crippen LogP contribution in [0.15, 0.2) is 29.2 Å². The fraction of sp³-hybridized carbons (Fsp3) is 0.538. The maximum Gasteiger partial charge on any atom is 0.245 e. The molecule has 118 valence electrons. The highest BCUT2D eigenvalue weighted by atomic mass is 32.2. The van der Waals surface area contributed by atoms with Crippen LogP contribution < -0.4 is 0 Å². The number of sulfonamides is 1. The van der Waals surface area contributed by atoms with Crippen LogP contribution in [0.5, 0.6) is 0 Å². The molecule has 1 heterocycles. The summed E-state index contributed by atoms with van der Waals surface area (Å²) >= 11 is 0. The molecule has 1 saturated heterocycles. The predicted octanol–water partition coefficient (Wildman–Crippen LogP) is 1.41. The molecule has 21 heavy (non-hydrogen) atoms. The quantitative estimate of drug-likeness (QED) is 0.837. The summed E-state index contributed by atoms with van der Waals surface area (Å²) in [5.74, 6) is -0.790. The average molecular weight is 335 g/mol. The van der Waals surface area contributed by atoms with Crippen LogP contribution in [0.2, 0.25) is 0 Å². The molecule has 2 rings (SSSR count). The van der Waals surface area contributed by atoms with E-state index >= 15 is 0 Å². The molecule has 1 atom stereocenters. The van der Waals surface area contributed by atoms with Gasteiger partial charge >= 0.3 is 0 Å². The summed E-state index contributed by atoms with van der Waals surface area (Å²) in [4.78, 5) is -0.359. The third kappa shape index (κ3) is 3.61. The molecule has 0 spiro atoms. The minimum absolute atomic E-state index is 0.0917. The van der Waals surface area contributed by atoms with E-state index in [1.165, 1.54) is 28.8 Å². The Morgan fingerprint density at radius 3 is 2.38 bits per heavy atom. The van der Waals surface area contributed by atoms with Crippen molar-refractivity contribution in [3.05, 3.63) is 30.1 Å². The van der Waals surface area contributed by atoms with Crippen LogP contribution in [-0.2, 0) is 19.9 Å². The Morgan fingerprint density at radius 2 is 1.76 bits per heavy atom. The van der Waals surface area contributed by atoms with Gasteiger partial charge in [-0.3, -0.25) is 0 Å². The van der Waals surface area contributed by atoms with Crippen molar-refractivity contribution < 1.29 is 21.2 Å². The van der Waals surface area contributed by atoms with Crippen LogP contribution in [0, 0.1) is 5.82 Å². The largest absolute Gasteiger partial charge is 0.245 e. The first-order chi connectivity index (χ1) is 9.73. The highest BCUT2D eigenvalue weighted by Crippen LogP contribution is 2.24. The fourth-order valence-corrected chi connectivity index (χ4v) is 5.19. The van der Waals surface area contributed by atoms with Gasteiger partial charge in [-0.2, -0.15) is 4.31 Å². The molecule has 0 bridgehead atoms. The first kappa shape index (κ1) is 16.4. The monoisotopic (exact) mass is 335 g/mol. The lowest BCUT2D eigenvalue weighted by atomic mass is 10.2. The molecule has 1 aromatic rings. The van der Waals surface area contributed by atoms with Gasteiger partial charge in [0.25, 0.3) is 0 Å². The van der Waals surface area contributed by atoms with Crippen LogP contribution in [0.25, 0.3) is 0 Å². The zero-order valence-corrected chi connectivity index (χ0v) is 13.3. The molecule has 8 heteroatoms. The summed E-state index contributed by atoms with van der Waals surface area (Å²) in [5.41, 5.74) is 0. The van der Waals surface area contributed by atoms with Gasteiger partial charge in [-0.15, -0.1) is 0 Å². The summed E-state index contributed by atoms with van der Waals surface area (Å²) in [6.45, 7) is 0.303. The maximum atomic E-state index is 13.7. The van der Waals surface area contributed by atoms with Crippen molar-refractivity contribution in [3.8, 4) is 0 Å². The zero-order chi connectivity index (χ0) is 15.7. The van der Waals surface area contributed by atoms with Gasteiger partial charge < -0.3 is 0 Å². The molecule has 0 aromatic heterocycles. The van der Waals surface area contributed by atoms with Gasteiger partial charge in [0.2, 0.25) is 10.0 Å². The van der Waals surface area contributed by atoms with Crippen molar-refractivity contribution in [3.63, 3.8) is 0 Å². The first-order valence-corrected chi connectivity index (χ1v) is 10.1. The van der Waals surface area contributed by atoms with Crippen molar-refractivity contribution in [1.82, 2.24) is 4.31 Å². The second-order valence-electron chi connectivity index (χ2n) is 5.22. The molecule has 5 nitrogen and oxygen atoms in total. The molecule has 1 aliphatic rings. The second-order valence-corrected chi connectivity index (χ2v) is 9.45. The molecule has 1 aromatic carbocycles. The van der Waals surface area contributed by atoms with Crippen LogP contribution in [0.4, 0.5) is 4.39 Å². The van der Waals surface area contributed by atoms with Gasteiger partial charge in [0.15, 0.2) is 0 Å². The molecule has 1 aliphatic heterocycles. The predicted molar refractivity (Wildman–Crippen MR) is 77.6 cm³/mol. The van der Waals surface area contributed by atoms with Crippen LogP contribution >= 0.6 is 0 Å². The van der Waals surface area contributed by atoms with E-state index in [1.54, 1.807) is 0 Å². The smallest absolute Gasteiger partial charge is 0.229 e. The Kier molecular flexibility index (Phi) is 4.69. The number of hydrogen-bond acceptors (Lipinski definition) is 4. The molecule has 0 amide bonds. The Labute approximate surface area is 124 Å². The Bertz CT molecular complexity index is 715. The number of hydrogen-bond donors (Lipinski definition) is 0. The Hall–Kier alpha value is -0.990. The lowest BCUT2D eigenvalue weighted by molar-refractivity contribution is 0.419. The van der Waals surface area contributed by atoms with Crippen molar-refractivity contribution in [1.29, 1.82) is 0 Å². The van der Waals surface area contributed by atoms with Crippen LogP contribution in [0.1, 0.15) is 19.3 Å².